The molecule has 3 nitrogen and oxygen atoms in total. The molecule has 6 rings (SSSR count). The summed E-state index contributed by atoms with van der Waals surface area (Å²) in [5.74, 6) is 1.01. The number of hydrogen-bond acceptors (Lipinski definition) is 3. The second kappa shape index (κ2) is 7.78. The molecule has 0 radical (unpaired) electrons. The van der Waals surface area contributed by atoms with Crippen molar-refractivity contribution in [2.24, 2.45) is 16.1 Å². The minimum absolute atomic E-state index is 0.0942. The quantitative estimate of drug-likeness (QED) is 0.422. The Bertz CT molecular complexity index is 1290. The van der Waals surface area contributed by atoms with E-state index >= 15 is 0 Å². The normalized spacial score (nSPS) is 22.8. The van der Waals surface area contributed by atoms with Crippen molar-refractivity contribution in [3.63, 3.8) is 0 Å². The van der Waals surface area contributed by atoms with Crippen molar-refractivity contribution >= 4 is 22.6 Å². The predicted molar refractivity (Wildman–Crippen MR) is 138 cm³/mol. The van der Waals surface area contributed by atoms with Gasteiger partial charge in [-0.15, -0.1) is 0 Å². The first kappa shape index (κ1) is 20.6. The lowest BCUT2D eigenvalue weighted by molar-refractivity contribution is 0.114. The first-order chi connectivity index (χ1) is 16.1. The van der Waals surface area contributed by atoms with Gasteiger partial charge in [0.05, 0.1) is 12.1 Å². The van der Waals surface area contributed by atoms with E-state index in [0.29, 0.717) is 5.69 Å². The molecule has 0 aromatic heterocycles. The van der Waals surface area contributed by atoms with Crippen molar-refractivity contribution in [2.45, 2.75) is 44.1 Å². The van der Waals surface area contributed by atoms with Crippen LogP contribution in [0.5, 0.6) is 0 Å². The van der Waals surface area contributed by atoms with E-state index in [-0.39, 0.29) is 11.0 Å². The highest BCUT2D eigenvalue weighted by Crippen LogP contribution is 2.62. The number of aryl methyl sites for hydroxylation is 2. The van der Waals surface area contributed by atoms with Gasteiger partial charge in [0.15, 0.2) is 10.9 Å². The summed E-state index contributed by atoms with van der Waals surface area (Å²) in [6, 6.07) is 23.8. The minimum Gasteiger partial charge on any atom is -0.379 e. The SMILES string of the molecule is [C-]#[N+]c1cccc(-c2ccc3c(c2)C2(CCSC(N)=N2)C2(CCc4ccccc4CC2)C3)c1. The zero-order valence-electron chi connectivity index (χ0n) is 18.7. The zero-order chi connectivity index (χ0) is 22.5. The van der Waals surface area contributed by atoms with Crippen LogP contribution < -0.4 is 5.73 Å². The Morgan fingerprint density at radius 3 is 2.33 bits per heavy atom. The second-order valence-electron chi connectivity index (χ2n) is 9.67. The maximum Gasteiger partial charge on any atom is 0.187 e. The summed E-state index contributed by atoms with van der Waals surface area (Å²) in [5, 5.41) is 0.732. The summed E-state index contributed by atoms with van der Waals surface area (Å²) < 4.78 is 0. The Balaban J connectivity index is 1.49. The van der Waals surface area contributed by atoms with Crippen LogP contribution in [0.3, 0.4) is 0 Å². The molecule has 0 amide bonds. The summed E-state index contributed by atoms with van der Waals surface area (Å²) in [5.41, 5.74) is 15.0. The molecule has 4 heteroatoms. The van der Waals surface area contributed by atoms with Crippen molar-refractivity contribution in [1.82, 2.24) is 0 Å². The Kier molecular flexibility index (Phi) is 4.85. The van der Waals surface area contributed by atoms with E-state index in [1.807, 2.05) is 18.2 Å². The molecule has 1 atom stereocenters. The van der Waals surface area contributed by atoms with E-state index in [0.717, 1.165) is 55.0 Å². The van der Waals surface area contributed by atoms with Crippen molar-refractivity contribution < 1.29 is 0 Å². The zero-order valence-corrected chi connectivity index (χ0v) is 19.5. The fraction of sp³-hybridized carbons (Fsp3) is 0.310. The number of thioether (sulfide) groups is 1. The first-order valence-corrected chi connectivity index (χ1v) is 12.8. The van der Waals surface area contributed by atoms with Gasteiger partial charge in [-0.2, -0.15) is 0 Å². The van der Waals surface area contributed by atoms with Crippen LogP contribution in [0.2, 0.25) is 0 Å². The maximum atomic E-state index is 7.40. The number of rotatable bonds is 1. The lowest BCUT2D eigenvalue weighted by Crippen LogP contribution is -2.45. The number of nitrogens with two attached hydrogens (primary N) is 1. The average Bonchev–Trinajstić information content (AvgIpc) is 2.96. The highest BCUT2D eigenvalue weighted by molar-refractivity contribution is 8.13. The molecule has 0 saturated carbocycles. The standard InChI is InChI=1S/C29H27N3S/c1-31-25-8-4-7-22(17-25)23-9-10-24-19-28(13-11-20-5-2-3-6-21(20)12-14-28)29(26(24)18-23)15-16-33-27(30)32-29/h2-10,17-18H,11-16,19H2,(H2,30,32). The Morgan fingerprint density at radius 2 is 1.61 bits per heavy atom. The molecular weight excluding hydrogens is 422 g/mol. The molecule has 2 spiro atoms. The number of amidine groups is 1. The highest BCUT2D eigenvalue weighted by atomic mass is 32.2. The molecule has 1 aliphatic heterocycles. The van der Waals surface area contributed by atoms with Crippen LogP contribution in [0.1, 0.15) is 41.5 Å². The van der Waals surface area contributed by atoms with E-state index in [1.54, 1.807) is 11.8 Å². The smallest absolute Gasteiger partial charge is 0.187 e. The molecule has 3 aromatic carbocycles. The van der Waals surface area contributed by atoms with Gasteiger partial charge in [-0.1, -0.05) is 66.4 Å². The van der Waals surface area contributed by atoms with E-state index in [2.05, 4.69) is 53.4 Å². The molecule has 164 valence electrons. The summed E-state index contributed by atoms with van der Waals surface area (Å²) in [7, 11) is 0. The Hall–Kier alpha value is -3.03. The third-order valence-electron chi connectivity index (χ3n) is 8.15. The van der Waals surface area contributed by atoms with Crippen molar-refractivity contribution in [2.75, 3.05) is 5.75 Å². The largest absolute Gasteiger partial charge is 0.379 e. The molecule has 0 fully saturated rings. The maximum absolute atomic E-state index is 7.40. The first-order valence-electron chi connectivity index (χ1n) is 11.8. The summed E-state index contributed by atoms with van der Waals surface area (Å²) in [6.45, 7) is 7.40. The fourth-order valence-electron chi connectivity index (χ4n) is 6.51. The summed E-state index contributed by atoms with van der Waals surface area (Å²) in [6.07, 6.45) is 6.60. The van der Waals surface area contributed by atoms with Crippen LogP contribution in [0.25, 0.3) is 16.0 Å². The Labute approximate surface area is 200 Å². The highest BCUT2D eigenvalue weighted by Gasteiger charge is 2.58. The molecule has 1 unspecified atom stereocenters. The van der Waals surface area contributed by atoms with Crippen molar-refractivity contribution in [1.29, 1.82) is 0 Å². The average molecular weight is 450 g/mol. The number of aliphatic imine (C=N–C) groups is 1. The third kappa shape index (κ3) is 3.21. The molecule has 0 saturated heterocycles. The van der Waals surface area contributed by atoms with Crippen LogP contribution in [-0.4, -0.2) is 10.9 Å². The molecule has 33 heavy (non-hydrogen) atoms. The van der Waals surface area contributed by atoms with E-state index < -0.39 is 0 Å². The number of nitrogens with zero attached hydrogens (tertiary/aromatic N) is 2. The van der Waals surface area contributed by atoms with E-state index in [9.17, 15) is 0 Å². The number of benzene rings is 3. The van der Waals surface area contributed by atoms with Crippen LogP contribution in [0.15, 0.2) is 71.7 Å². The third-order valence-corrected chi connectivity index (χ3v) is 8.94. The molecule has 3 aliphatic rings. The van der Waals surface area contributed by atoms with Gasteiger partial charge < -0.3 is 5.73 Å². The molecular formula is C29H27N3S. The second-order valence-corrected chi connectivity index (χ2v) is 10.8. The van der Waals surface area contributed by atoms with E-state index in [1.165, 1.54) is 27.8 Å². The molecule has 0 bridgehead atoms. The topological polar surface area (TPSA) is 42.7 Å². The molecule has 3 aromatic rings. The van der Waals surface area contributed by atoms with Crippen LogP contribution >= 0.6 is 11.8 Å². The van der Waals surface area contributed by atoms with Crippen LogP contribution in [0, 0.1) is 12.0 Å². The number of hydrogen-bond donors (Lipinski definition) is 1. The van der Waals surface area contributed by atoms with Crippen LogP contribution in [-0.2, 0) is 24.8 Å². The van der Waals surface area contributed by atoms with Crippen molar-refractivity contribution in [3.05, 3.63) is 100 Å². The fourth-order valence-corrected chi connectivity index (χ4v) is 7.34. The van der Waals surface area contributed by atoms with Gasteiger partial charge in [0, 0.05) is 11.2 Å². The summed E-state index contributed by atoms with van der Waals surface area (Å²) in [4.78, 5) is 8.94. The van der Waals surface area contributed by atoms with Gasteiger partial charge in [0.2, 0.25) is 0 Å². The minimum atomic E-state index is -0.257. The van der Waals surface area contributed by atoms with Gasteiger partial charge in [0.25, 0.3) is 0 Å². The molecule has 2 N–H and O–H groups in total. The van der Waals surface area contributed by atoms with E-state index in [4.69, 9.17) is 17.3 Å². The Morgan fingerprint density at radius 1 is 0.848 bits per heavy atom. The monoisotopic (exact) mass is 449 g/mol. The van der Waals surface area contributed by atoms with Crippen LogP contribution in [0.4, 0.5) is 5.69 Å². The van der Waals surface area contributed by atoms with Crippen molar-refractivity contribution in [3.8, 4) is 11.1 Å². The van der Waals surface area contributed by atoms with Gasteiger partial charge in [0.1, 0.15) is 0 Å². The number of fused-ring (bicyclic) bond motifs is 4. The van der Waals surface area contributed by atoms with Gasteiger partial charge in [-0.3, -0.25) is 4.99 Å². The van der Waals surface area contributed by atoms with Gasteiger partial charge in [-0.25, -0.2) is 4.85 Å². The van der Waals surface area contributed by atoms with Gasteiger partial charge in [-0.05, 0) is 84.0 Å². The lowest BCUT2D eigenvalue weighted by atomic mass is 9.64. The lowest BCUT2D eigenvalue weighted by Gasteiger charge is -2.46. The molecule has 2 aliphatic carbocycles. The summed E-state index contributed by atoms with van der Waals surface area (Å²) >= 11 is 1.69. The molecule has 1 heterocycles. The predicted octanol–water partition coefficient (Wildman–Crippen LogP) is 6.67. The van der Waals surface area contributed by atoms with Gasteiger partial charge >= 0.3 is 0 Å².